The van der Waals surface area contributed by atoms with Gasteiger partial charge in [0.25, 0.3) is 5.91 Å². The number of furan rings is 1. The average Bonchev–Trinajstić information content (AvgIpc) is 3.08. The molecule has 1 aromatic heterocycles. The second kappa shape index (κ2) is 4.76. The maximum absolute atomic E-state index is 12.4. The Morgan fingerprint density at radius 3 is 2.94 bits per heavy atom. The molecule has 2 fully saturated rings. The smallest absolute Gasteiger partial charge is 0.289 e. The quantitative estimate of drug-likeness (QED) is 0.870. The van der Waals surface area contributed by atoms with Crippen LogP contribution < -0.4 is 5.32 Å². The minimum absolute atomic E-state index is 0.0549. The number of carbonyl (C=O) groups excluding carboxylic acids is 1. The number of hydrogen-bond acceptors (Lipinski definition) is 3. The first-order chi connectivity index (χ1) is 8.75. The van der Waals surface area contributed by atoms with Crippen LogP contribution in [-0.2, 0) is 0 Å². The number of nitrogens with one attached hydrogen (secondary N) is 1. The highest BCUT2D eigenvalue weighted by atomic mass is 16.3. The molecule has 2 aliphatic rings. The number of aryl methyl sites for hydroxylation is 1. The molecule has 3 rings (SSSR count). The summed E-state index contributed by atoms with van der Waals surface area (Å²) >= 11 is 0. The fourth-order valence-corrected chi connectivity index (χ4v) is 3.19. The van der Waals surface area contributed by atoms with E-state index >= 15 is 0 Å². The summed E-state index contributed by atoms with van der Waals surface area (Å²) in [6, 6.07) is 4.47. The van der Waals surface area contributed by atoms with Crippen LogP contribution in [0.25, 0.3) is 0 Å². The molecule has 1 amide bonds. The zero-order valence-electron chi connectivity index (χ0n) is 10.8. The van der Waals surface area contributed by atoms with Gasteiger partial charge in [-0.05, 0) is 51.3 Å². The van der Waals surface area contributed by atoms with E-state index in [1.54, 1.807) is 6.07 Å². The van der Waals surface area contributed by atoms with Crippen molar-refractivity contribution in [1.29, 1.82) is 0 Å². The van der Waals surface area contributed by atoms with Crippen LogP contribution in [0, 0.1) is 6.92 Å². The molecule has 18 heavy (non-hydrogen) atoms. The van der Waals surface area contributed by atoms with Crippen molar-refractivity contribution in [1.82, 2.24) is 10.2 Å². The molecule has 2 atom stereocenters. The van der Waals surface area contributed by atoms with Crippen molar-refractivity contribution in [2.75, 3.05) is 13.1 Å². The van der Waals surface area contributed by atoms with Crippen LogP contribution in [0.2, 0.25) is 0 Å². The standard InChI is InChI=1S/C14H20N2O2/c1-10-6-7-13(18-10)14(17)16-9-3-5-12(16)11-4-2-8-15-11/h6-7,11-12,15H,2-5,8-9H2,1H3. The normalized spacial score (nSPS) is 27.9. The number of rotatable bonds is 2. The first kappa shape index (κ1) is 11.8. The third-order valence-electron chi connectivity index (χ3n) is 4.07. The molecule has 1 N–H and O–H groups in total. The maximum atomic E-state index is 12.4. The Hall–Kier alpha value is -1.29. The average molecular weight is 248 g/mol. The Bertz CT molecular complexity index is 435. The summed E-state index contributed by atoms with van der Waals surface area (Å²) in [5.74, 6) is 1.34. The summed E-state index contributed by atoms with van der Waals surface area (Å²) in [6.07, 6.45) is 4.63. The molecule has 0 radical (unpaired) electrons. The van der Waals surface area contributed by atoms with Crippen LogP contribution in [0.1, 0.15) is 42.0 Å². The fraction of sp³-hybridized carbons (Fsp3) is 0.643. The molecule has 0 aliphatic carbocycles. The van der Waals surface area contributed by atoms with Gasteiger partial charge in [0.1, 0.15) is 5.76 Å². The number of amides is 1. The van der Waals surface area contributed by atoms with Crippen LogP contribution in [0.15, 0.2) is 16.5 Å². The number of likely N-dealkylation sites (tertiary alicyclic amines) is 1. The molecule has 0 aromatic carbocycles. The summed E-state index contributed by atoms with van der Waals surface area (Å²) < 4.78 is 5.46. The zero-order valence-corrected chi connectivity index (χ0v) is 10.8. The SMILES string of the molecule is Cc1ccc(C(=O)N2CCCC2C2CCCN2)o1. The van der Waals surface area contributed by atoms with E-state index in [1.807, 2.05) is 17.9 Å². The summed E-state index contributed by atoms with van der Waals surface area (Å²) in [7, 11) is 0. The monoisotopic (exact) mass is 248 g/mol. The summed E-state index contributed by atoms with van der Waals surface area (Å²) in [6.45, 7) is 3.82. The van der Waals surface area contributed by atoms with Gasteiger partial charge in [0.15, 0.2) is 5.76 Å². The Kier molecular flexibility index (Phi) is 3.12. The summed E-state index contributed by atoms with van der Waals surface area (Å²) in [4.78, 5) is 14.4. The molecule has 98 valence electrons. The van der Waals surface area contributed by atoms with Crippen molar-refractivity contribution in [3.8, 4) is 0 Å². The van der Waals surface area contributed by atoms with E-state index in [9.17, 15) is 4.79 Å². The Morgan fingerprint density at radius 2 is 2.28 bits per heavy atom. The van der Waals surface area contributed by atoms with Gasteiger partial charge in [-0.15, -0.1) is 0 Å². The minimum atomic E-state index is 0.0549. The van der Waals surface area contributed by atoms with E-state index in [2.05, 4.69) is 5.32 Å². The molecule has 1 aromatic rings. The van der Waals surface area contributed by atoms with Crippen molar-refractivity contribution in [2.24, 2.45) is 0 Å². The van der Waals surface area contributed by atoms with Crippen LogP contribution in [0.5, 0.6) is 0 Å². The zero-order chi connectivity index (χ0) is 12.5. The van der Waals surface area contributed by atoms with Crippen LogP contribution in [0.4, 0.5) is 0 Å². The lowest BCUT2D eigenvalue weighted by atomic mass is 10.0. The molecule has 4 nitrogen and oxygen atoms in total. The molecular formula is C14H20N2O2. The van der Waals surface area contributed by atoms with Gasteiger partial charge in [-0.3, -0.25) is 4.79 Å². The van der Waals surface area contributed by atoms with Gasteiger partial charge >= 0.3 is 0 Å². The van der Waals surface area contributed by atoms with Gasteiger partial charge < -0.3 is 14.6 Å². The van der Waals surface area contributed by atoms with E-state index < -0.39 is 0 Å². The first-order valence-corrected chi connectivity index (χ1v) is 6.86. The van der Waals surface area contributed by atoms with Crippen molar-refractivity contribution in [2.45, 2.75) is 44.7 Å². The minimum Gasteiger partial charge on any atom is -0.456 e. The van der Waals surface area contributed by atoms with Gasteiger partial charge in [0.2, 0.25) is 0 Å². The molecule has 3 heterocycles. The molecule has 0 spiro atoms. The number of hydrogen-bond donors (Lipinski definition) is 1. The topological polar surface area (TPSA) is 45.5 Å². The van der Waals surface area contributed by atoms with Crippen LogP contribution in [-0.4, -0.2) is 36.0 Å². The summed E-state index contributed by atoms with van der Waals surface area (Å²) in [5, 5.41) is 3.52. The van der Waals surface area contributed by atoms with Crippen molar-refractivity contribution < 1.29 is 9.21 Å². The number of nitrogens with zero attached hydrogens (tertiary/aromatic N) is 1. The lowest BCUT2D eigenvalue weighted by molar-refractivity contribution is 0.0677. The highest BCUT2D eigenvalue weighted by molar-refractivity contribution is 5.92. The van der Waals surface area contributed by atoms with Crippen molar-refractivity contribution in [3.63, 3.8) is 0 Å². The molecule has 0 bridgehead atoms. The van der Waals surface area contributed by atoms with E-state index in [4.69, 9.17) is 4.42 Å². The predicted molar refractivity (Wildman–Crippen MR) is 68.5 cm³/mol. The molecule has 2 aliphatic heterocycles. The second-order valence-electron chi connectivity index (χ2n) is 5.32. The third kappa shape index (κ3) is 2.05. The van der Waals surface area contributed by atoms with E-state index in [0.29, 0.717) is 17.8 Å². The fourth-order valence-electron chi connectivity index (χ4n) is 3.19. The molecule has 2 unspecified atom stereocenters. The Labute approximate surface area is 107 Å². The maximum Gasteiger partial charge on any atom is 0.289 e. The van der Waals surface area contributed by atoms with Gasteiger partial charge in [0.05, 0.1) is 0 Å². The predicted octanol–water partition coefficient (Wildman–Crippen LogP) is 1.94. The highest BCUT2D eigenvalue weighted by Gasteiger charge is 2.36. The third-order valence-corrected chi connectivity index (χ3v) is 4.07. The Morgan fingerprint density at radius 1 is 1.39 bits per heavy atom. The van der Waals surface area contributed by atoms with Crippen LogP contribution in [0.3, 0.4) is 0 Å². The molecular weight excluding hydrogens is 228 g/mol. The van der Waals surface area contributed by atoms with Gasteiger partial charge in [-0.25, -0.2) is 0 Å². The van der Waals surface area contributed by atoms with Crippen LogP contribution >= 0.6 is 0 Å². The Balaban J connectivity index is 1.75. The second-order valence-corrected chi connectivity index (χ2v) is 5.32. The van der Waals surface area contributed by atoms with E-state index in [-0.39, 0.29) is 5.91 Å². The first-order valence-electron chi connectivity index (χ1n) is 6.86. The van der Waals surface area contributed by atoms with Crippen molar-refractivity contribution in [3.05, 3.63) is 23.7 Å². The molecule has 4 heteroatoms. The lowest BCUT2D eigenvalue weighted by Gasteiger charge is -2.28. The molecule has 0 saturated carbocycles. The van der Waals surface area contributed by atoms with E-state index in [1.165, 1.54) is 12.8 Å². The molecule has 2 saturated heterocycles. The number of carbonyl (C=O) groups is 1. The highest BCUT2D eigenvalue weighted by Crippen LogP contribution is 2.26. The van der Waals surface area contributed by atoms with Gasteiger partial charge in [-0.2, -0.15) is 0 Å². The van der Waals surface area contributed by atoms with Crippen molar-refractivity contribution >= 4 is 5.91 Å². The lowest BCUT2D eigenvalue weighted by Crippen LogP contribution is -2.46. The summed E-state index contributed by atoms with van der Waals surface area (Å²) in [5.41, 5.74) is 0. The van der Waals surface area contributed by atoms with Gasteiger partial charge in [0, 0.05) is 18.6 Å². The van der Waals surface area contributed by atoms with Gasteiger partial charge in [-0.1, -0.05) is 0 Å². The largest absolute Gasteiger partial charge is 0.456 e. The van der Waals surface area contributed by atoms with E-state index in [0.717, 1.165) is 31.7 Å².